The van der Waals surface area contributed by atoms with Gasteiger partial charge in [-0.25, -0.2) is 5.06 Å². The predicted octanol–water partition coefficient (Wildman–Crippen LogP) is 2.76. The molecule has 0 aliphatic carbocycles. The maximum Gasteiger partial charge on any atom is 0.311 e. The minimum absolute atomic E-state index is 0.138. The zero-order valence-electron chi connectivity index (χ0n) is 16.4. The highest BCUT2D eigenvalue weighted by Gasteiger charge is 2.58. The van der Waals surface area contributed by atoms with E-state index in [1.54, 1.807) is 0 Å². The average molecular weight is 382 g/mol. The number of hydroxylamine groups is 2. The van der Waals surface area contributed by atoms with Crippen LogP contribution < -0.4 is 0 Å². The molecule has 2 saturated heterocycles. The van der Waals surface area contributed by atoms with Crippen molar-refractivity contribution in [3.05, 3.63) is 48.0 Å². The number of likely N-dealkylation sites (tertiary alicyclic amines) is 1. The van der Waals surface area contributed by atoms with Crippen LogP contribution >= 0.6 is 0 Å². The molecule has 2 aliphatic rings. The van der Waals surface area contributed by atoms with Gasteiger partial charge in [0.2, 0.25) is 5.91 Å². The lowest BCUT2D eigenvalue weighted by atomic mass is 9.77. The van der Waals surface area contributed by atoms with Gasteiger partial charge in [-0.1, -0.05) is 36.4 Å². The molecule has 1 unspecified atom stereocenters. The van der Waals surface area contributed by atoms with Crippen molar-refractivity contribution < 1.29 is 19.2 Å². The molecule has 0 bridgehead atoms. The van der Waals surface area contributed by atoms with Crippen molar-refractivity contribution in [1.29, 1.82) is 0 Å². The summed E-state index contributed by atoms with van der Waals surface area (Å²) in [5.74, 6) is -0.939. The molecule has 2 fully saturated rings. The molecule has 0 radical (unpaired) electrons. The van der Waals surface area contributed by atoms with Gasteiger partial charge in [-0.15, -0.1) is 0 Å². The van der Waals surface area contributed by atoms with Crippen LogP contribution in [0, 0.1) is 5.92 Å². The Morgan fingerprint density at radius 3 is 2.57 bits per heavy atom. The van der Waals surface area contributed by atoms with Crippen LogP contribution in [-0.4, -0.2) is 54.6 Å². The summed E-state index contributed by atoms with van der Waals surface area (Å²) in [4.78, 5) is 33.5. The van der Waals surface area contributed by atoms with Gasteiger partial charge in [0.25, 0.3) is 0 Å². The van der Waals surface area contributed by atoms with Crippen molar-refractivity contribution in [2.24, 2.45) is 5.92 Å². The number of methoxy groups -OCH3 is 1. The number of piperidine rings is 1. The molecule has 6 nitrogen and oxygen atoms in total. The van der Waals surface area contributed by atoms with Crippen LogP contribution in [0.3, 0.4) is 0 Å². The summed E-state index contributed by atoms with van der Waals surface area (Å²) >= 11 is 0. The van der Waals surface area contributed by atoms with Gasteiger partial charge in [-0.05, 0) is 42.3 Å². The highest BCUT2D eigenvalue weighted by atomic mass is 16.7. The fourth-order valence-corrected chi connectivity index (χ4v) is 4.51. The van der Waals surface area contributed by atoms with Crippen LogP contribution in [0.25, 0.3) is 10.8 Å². The monoisotopic (exact) mass is 382 g/mol. The highest BCUT2D eigenvalue weighted by Crippen LogP contribution is 2.44. The lowest BCUT2D eigenvalue weighted by molar-refractivity contribution is -0.228. The van der Waals surface area contributed by atoms with E-state index in [0.29, 0.717) is 19.4 Å². The fourth-order valence-electron chi connectivity index (χ4n) is 4.51. The molecule has 0 saturated carbocycles. The van der Waals surface area contributed by atoms with Crippen molar-refractivity contribution in [2.45, 2.75) is 31.4 Å². The molecule has 6 heteroatoms. The SMILES string of the molecule is COC(=O)C1CC(=O)N(OCc2ccc3ccccc3c2)C12CCN(C)CC2. The Morgan fingerprint density at radius 2 is 1.86 bits per heavy atom. The standard InChI is InChI=1S/C22H26N2O4/c1-23-11-9-22(10-12-23)19(21(26)27-2)14-20(25)24(22)28-15-16-7-8-17-5-3-4-6-18(17)13-16/h3-8,13,19H,9-12,14-15H2,1-2H3. The lowest BCUT2D eigenvalue weighted by Crippen LogP contribution is -2.56. The third kappa shape index (κ3) is 3.27. The van der Waals surface area contributed by atoms with Crippen LogP contribution in [-0.2, 0) is 25.8 Å². The number of carbonyl (C=O) groups excluding carboxylic acids is 2. The van der Waals surface area contributed by atoms with E-state index >= 15 is 0 Å². The van der Waals surface area contributed by atoms with Crippen molar-refractivity contribution in [3.63, 3.8) is 0 Å². The highest BCUT2D eigenvalue weighted by molar-refractivity contribution is 5.88. The number of amides is 1. The zero-order valence-corrected chi connectivity index (χ0v) is 16.4. The van der Waals surface area contributed by atoms with Crippen LogP contribution in [0.15, 0.2) is 42.5 Å². The molecule has 148 valence electrons. The Morgan fingerprint density at radius 1 is 1.14 bits per heavy atom. The van der Waals surface area contributed by atoms with Crippen molar-refractivity contribution >= 4 is 22.6 Å². The normalized spacial score (nSPS) is 22.1. The van der Waals surface area contributed by atoms with E-state index in [-0.39, 0.29) is 18.3 Å². The first kappa shape index (κ1) is 18.9. The molecule has 2 heterocycles. The molecule has 4 rings (SSSR count). The number of benzene rings is 2. The van der Waals surface area contributed by atoms with E-state index in [9.17, 15) is 9.59 Å². The second-order valence-corrected chi connectivity index (χ2v) is 7.83. The Hall–Kier alpha value is -2.44. The number of ether oxygens (including phenoxy) is 1. The third-order valence-corrected chi connectivity index (χ3v) is 6.17. The van der Waals surface area contributed by atoms with E-state index in [0.717, 1.165) is 24.0 Å². The Balaban J connectivity index is 1.57. The summed E-state index contributed by atoms with van der Waals surface area (Å²) in [6.07, 6.45) is 1.55. The Kier molecular flexibility index (Phi) is 5.08. The van der Waals surface area contributed by atoms with Crippen molar-refractivity contribution in [2.75, 3.05) is 27.2 Å². The molecule has 2 aromatic rings. The Bertz CT molecular complexity index is 889. The first-order chi connectivity index (χ1) is 13.5. The van der Waals surface area contributed by atoms with Crippen molar-refractivity contribution in [3.8, 4) is 0 Å². The second kappa shape index (κ2) is 7.53. The summed E-state index contributed by atoms with van der Waals surface area (Å²) < 4.78 is 5.01. The van der Waals surface area contributed by atoms with Gasteiger partial charge in [-0.3, -0.25) is 14.4 Å². The minimum Gasteiger partial charge on any atom is -0.469 e. The number of rotatable bonds is 4. The van der Waals surface area contributed by atoms with Crippen molar-refractivity contribution in [1.82, 2.24) is 9.96 Å². The summed E-state index contributed by atoms with van der Waals surface area (Å²) in [6.45, 7) is 1.93. The molecule has 0 aromatic heterocycles. The van der Waals surface area contributed by atoms with Crippen LogP contribution in [0.4, 0.5) is 0 Å². The predicted molar refractivity (Wildman–Crippen MR) is 105 cm³/mol. The molecule has 2 aromatic carbocycles. The largest absolute Gasteiger partial charge is 0.469 e. The van der Waals surface area contributed by atoms with Crippen LogP contribution in [0.1, 0.15) is 24.8 Å². The van der Waals surface area contributed by atoms with Gasteiger partial charge in [0.1, 0.15) is 6.61 Å². The summed E-state index contributed by atoms with van der Waals surface area (Å²) in [6, 6.07) is 14.3. The van der Waals surface area contributed by atoms with Gasteiger partial charge >= 0.3 is 5.97 Å². The molecule has 1 amide bonds. The number of hydrogen-bond donors (Lipinski definition) is 0. The van der Waals surface area contributed by atoms with Gasteiger partial charge in [0.15, 0.2) is 0 Å². The van der Waals surface area contributed by atoms with Gasteiger partial charge in [0, 0.05) is 19.5 Å². The molecule has 2 aliphatic heterocycles. The minimum atomic E-state index is -0.618. The smallest absolute Gasteiger partial charge is 0.311 e. The van der Waals surface area contributed by atoms with Crippen LogP contribution in [0.5, 0.6) is 0 Å². The molecule has 0 N–H and O–H groups in total. The fraction of sp³-hybridized carbons (Fsp3) is 0.455. The maximum absolute atomic E-state index is 12.8. The first-order valence-electron chi connectivity index (χ1n) is 9.73. The molecular formula is C22H26N2O4. The lowest BCUT2D eigenvalue weighted by Gasteiger charge is -2.45. The molecule has 28 heavy (non-hydrogen) atoms. The van der Waals surface area contributed by atoms with E-state index in [1.165, 1.54) is 17.6 Å². The number of nitrogens with zero attached hydrogens (tertiary/aromatic N) is 2. The summed E-state index contributed by atoms with van der Waals surface area (Å²) in [5, 5.41) is 3.80. The molecule has 1 atom stereocenters. The van der Waals surface area contributed by atoms with Gasteiger partial charge in [0.05, 0.1) is 18.6 Å². The van der Waals surface area contributed by atoms with Gasteiger partial charge < -0.3 is 9.64 Å². The Labute approximate surface area is 165 Å². The quantitative estimate of drug-likeness (QED) is 0.761. The molecule has 1 spiro atoms. The molecular weight excluding hydrogens is 356 g/mol. The number of hydrogen-bond acceptors (Lipinski definition) is 5. The van der Waals surface area contributed by atoms with Crippen LogP contribution in [0.2, 0.25) is 0 Å². The maximum atomic E-state index is 12.8. The first-order valence-corrected chi connectivity index (χ1v) is 9.73. The summed E-state index contributed by atoms with van der Waals surface area (Å²) in [5.41, 5.74) is 0.379. The zero-order chi connectivity index (χ0) is 19.7. The second-order valence-electron chi connectivity index (χ2n) is 7.83. The summed E-state index contributed by atoms with van der Waals surface area (Å²) in [7, 11) is 3.44. The third-order valence-electron chi connectivity index (χ3n) is 6.17. The van der Waals surface area contributed by atoms with Gasteiger partial charge in [-0.2, -0.15) is 0 Å². The van der Waals surface area contributed by atoms with E-state index < -0.39 is 11.5 Å². The van der Waals surface area contributed by atoms with E-state index in [4.69, 9.17) is 9.57 Å². The topological polar surface area (TPSA) is 59.1 Å². The average Bonchev–Trinajstić information content (AvgIpc) is 2.99. The van der Waals surface area contributed by atoms with E-state index in [2.05, 4.69) is 36.2 Å². The number of esters is 1. The number of fused-ring (bicyclic) bond motifs is 1. The number of carbonyl (C=O) groups is 2. The van der Waals surface area contributed by atoms with E-state index in [1.807, 2.05) is 18.2 Å².